The Bertz CT molecular complexity index is 648. The van der Waals surface area contributed by atoms with Gasteiger partial charge in [-0.1, -0.05) is 39.0 Å². The number of benzene rings is 1. The van der Waals surface area contributed by atoms with Crippen LogP contribution in [0.5, 0.6) is 0 Å². The fourth-order valence-corrected chi connectivity index (χ4v) is 4.16. The second-order valence-electron chi connectivity index (χ2n) is 6.70. The van der Waals surface area contributed by atoms with Crippen LogP contribution in [0.1, 0.15) is 39.2 Å². The Balaban J connectivity index is 2.10. The van der Waals surface area contributed by atoms with Gasteiger partial charge in [0.25, 0.3) is 0 Å². The van der Waals surface area contributed by atoms with E-state index >= 15 is 0 Å². The number of nitrogens with one attached hydrogen (secondary N) is 1. The molecule has 0 radical (unpaired) electrons. The molecule has 1 aliphatic heterocycles. The summed E-state index contributed by atoms with van der Waals surface area (Å²) >= 11 is 0. The van der Waals surface area contributed by atoms with Crippen molar-refractivity contribution in [1.82, 2.24) is 4.31 Å². The molecule has 1 aliphatic rings. The third kappa shape index (κ3) is 4.08. The lowest BCUT2D eigenvalue weighted by atomic mass is 9.86. The van der Waals surface area contributed by atoms with Gasteiger partial charge in [-0.3, -0.25) is 4.79 Å². The van der Waals surface area contributed by atoms with E-state index < -0.39 is 10.0 Å². The molecule has 0 aliphatic carbocycles. The van der Waals surface area contributed by atoms with Gasteiger partial charge in [0.1, 0.15) is 0 Å². The van der Waals surface area contributed by atoms with E-state index in [-0.39, 0.29) is 23.6 Å². The number of amides is 1. The second-order valence-corrected chi connectivity index (χ2v) is 8.79. The zero-order valence-electron chi connectivity index (χ0n) is 13.4. The third-order valence-corrected chi connectivity index (χ3v) is 5.69. The Hall–Kier alpha value is -1.40. The smallest absolute Gasteiger partial charge is 0.239 e. The molecule has 0 spiro atoms. The average molecular weight is 324 g/mol. The van der Waals surface area contributed by atoms with Crippen molar-refractivity contribution in [3.63, 3.8) is 0 Å². The molecule has 2 rings (SSSR count). The molecule has 1 aromatic carbocycles. The van der Waals surface area contributed by atoms with Gasteiger partial charge in [-0.05, 0) is 29.9 Å². The van der Waals surface area contributed by atoms with Crippen LogP contribution in [0.15, 0.2) is 24.3 Å². The summed E-state index contributed by atoms with van der Waals surface area (Å²) in [5, 5.41) is 2.86. The molecule has 1 aromatic rings. The van der Waals surface area contributed by atoms with Crippen molar-refractivity contribution in [3.05, 3.63) is 29.8 Å². The van der Waals surface area contributed by atoms with E-state index in [1.165, 1.54) is 4.31 Å². The van der Waals surface area contributed by atoms with Crippen LogP contribution < -0.4 is 5.32 Å². The first-order valence-corrected chi connectivity index (χ1v) is 9.18. The Morgan fingerprint density at radius 2 is 1.91 bits per heavy atom. The zero-order chi connectivity index (χ0) is 16.4. The summed E-state index contributed by atoms with van der Waals surface area (Å²) in [6, 6.07) is 7.63. The number of anilines is 1. The number of rotatable bonds is 3. The summed E-state index contributed by atoms with van der Waals surface area (Å²) in [6.45, 7) is 6.55. The van der Waals surface area contributed by atoms with E-state index in [0.717, 1.165) is 17.7 Å². The predicted octanol–water partition coefficient (Wildman–Crippen LogP) is 2.35. The lowest BCUT2D eigenvalue weighted by Crippen LogP contribution is -2.42. The number of carbonyl (C=O) groups excluding carboxylic acids is 1. The standard InChI is InChI=1S/C16H24N2O3S/c1-16(2,3)13-8-4-5-9-14(13)17-15(19)12-18-10-6-7-11-22(18,20)21/h4-5,8-9H,6-7,10-12H2,1-3H3,(H,17,19). The van der Waals surface area contributed by atoms with Crippen molar-refractivity contribution in [2.75, 3.05) is 24.2 Å². The molecule has 122 valence electrons. The van der Waals surface area contributed by atoms with Gasteiger partial charge in [0.2, 0.25) is 15.9 Å². The van der Waals surface area contributed by atoms with Gasteiger partial charge in [0.05, 0.1) is 12.3 Å². The number of hydrogen-bond acceptors (Lipinski definition) is 3. The van der Waals surface area contributed by atoms with E-state index in [2.05, 4.69) is 26.1 Å². The van der Waals surface area contributed by atoms with E-state index in [0.29, 0.717) is 13.0 Å². The lowest BCUT2D eigenvalue weighted by Gasteiger charge is -2.26. The molecule has 0 saturated carbocycles. The Kier molecular flexibility index (Phi) is 4.92. The zero-order valence-corrected chi connectivity index (χ0v) is 14.2. The third-order valence-electron chi connectivity index (χ3n) is 3.78. The maximum atomic E-state index is 12.2. The number of hydrogen-bond donors (Lipinski definition) is 1. The van der Waals surface area contributed by atoms with Gasteiger partial charge in [-0.2, -0.15) is 4.31 Å². The Morgan fingerprint density at radius 1 is 1.23 bits per heavy atom. The average Bonchev–Trinajstić information content (AvgIpc) is 2.40. The highest BCUT2D eigenvalue weighted by Gasteiger charge is 2.28. The number of carbonyl (C=O) groups is 1. The van der Waals surface area contributed by atoms with Gasteiger partial charge in [-0.25, -0.2) is 8.42 Å². The first-order chi connectivity index (χ1) is 10.2. The molecule has 1 N–H and O–H groups in total. The predicted molar refractivity (Wildman–Crippen MR) is 88.4 cm³/mol. The van der Waals surface area contributed by atoms with Crippen molar-refractivity contribution in [3.8, 4) is 0 Å². The van der Waals surface area contributed by atoms with Crippen LogP contribution in [-0.2, 0) is 20.2 Å². The monoisotopic (exact) mass is 324 g/mol. The highest BCUT2D eigenvalue weighted by atomic mass is 32.2. The summed E-state index contributed by atoms with van der Waals surface area (Å²) < 4.78 is 25.2. The van der Waals surface area contributed by atoms with E-state index in [4.69, 9.17) is 0 Å². The minimum absolute atomic E-state index is 0.0962. The largest absolute Gasteiger partial charge is 0.325 e. The molecule has 0 bridgehead atoms. The lowest BCUT2D eigenvalue weighted by molar-refractivity contribution is -0.116. The molecule has 0 unspecified atom stereocenters. The van der Waals surface area contributed by atoms with Gasteiger partial charge in [-0.15, -0.1) is 0 Å². The first kappa shape index (κ1) is 17.0. The topological polar surface area (TPSA) is 66.5 Å². The van der Waals surface area contributed by atoms with E-state index in [1.807, 2.05) is 24.3 Å². The van der Waals surface area contributed by atoms with Crippen LogP contribution in [0.3, 0.4) is 0 Å². The normalized spacial score (nSPS) is 18.9. The number of sulfonamides is 1. The number of nitrogens with zero attached hydrogens (tertiary/aromatic N) is 1. The first-order valence-electron chi connectivity index (χ1n) is 7.57. The molecule has 6 heteroatoms. The molecule has 0 atom stereocenters. The summed E-state index contributed by atoms with van der Waals surface area (Å²) in [6.07, 6.45) is 1.48. The summed E-state index contributed by atoms with van der Waals surface area (Å²) in [5.41, 5.74) is 1.68. The maximum absolute atomic E-state index is 12.2. The summed E-state index contributed by atoms with van der Waals surface area (Å²) in [4.78, 5) is 12.2. The van der Waals surface area contributed by atoms with E-state index in [9.17, 15) is 13.2 Å². The summed E-state index contributed by atoms with van der Waals surface area (Å²) in [7, 11) is -3.28. The van der Waals surface area contributed by atoms with E-state index in [1.54, 1.807) is 0 Å². The molecular formula is C16H24N2O3S. The molecule has 1 fully saturated rings. The Labute approximate surface area is 132 Å². The molecule has 22 heavy (non-hydrogen) atoms. The summed E-state index contributed by atoms with van der Waals surface area (Å²) in [5.74, 6) is -0.152. The van der Waals surface area contributed by atoms with Crippen LogP contribution in [0.25, 0.3) is 0 Å². The maximum Gasteiger partial charge on any atom is 0.239 e. The van der Waals surface area contributed by atoms with Gasteiger partial charge >= 0.3 is 0 Å². The van der Waals surface area contributed by atoms with Crippen molar-refractivity contribution in [2.24, 2.45) is 0 Å². The highest BCUT2D eigenvalue weighted by Crippen LogP contribution is 2.29. The minimum atomic E-state index is -3.28. The van der Waals surface area contributed by atoms with Crippen molar-refractivity contribution in [1.29, 1.82) is 0 Å². The van der Waals surface area contributed by atoms with Crippen molar-refractivity contribution in [2.45, 2.75) is 39.0 Å². The quantitative estimate of drug-likeness (QED) is 0.928. The van der Waals surface area contributed by atoms with Crippen molar-refractivity contribution >= 4 is 21.6 Å². The fourth-order valence-electron chi connectivity index (χ4n) is 2.61. The van der Waals surface area contributed by atoms with Crippen LogP contribution >= 0.6 is 0 Å². The molecule has 0 aromatic heterocycles. The van der Waals surface area contributed by atoms with Crippen LogP contribution in [0.4, 0.5) is 5.69 Å². The SMILES string of the molecule is CC(C)(C)c1ccccc1NC(=O)CN1CCCCS1(=O)=O. The molecule has 1 heterocycles. The number of para-hydroxylation sites is 1. The van der Waals surface area contributed by atoms with Gasteiger partial charge in [0.15, 0.2) is 0 Å². The fraction of sp³-hybridized carbons (Fsp3) is 0.562. The molecule has 1 amide bonds. The van der Waals surface area contributed by atoms with Gasteiger partial charge in [0, 0.05) is 12.2 Å². The van der Waals surface area contributed by atoms with Crippen molar-refractivity contribution < 1.29 is 13.2 Å². The Morgan fingerprint density at radius 3 is 2.55 bits per heavy atom. The highest BCUT2D eigenvalue weighted by molar-refractivity contribution is 7.89. The minimum Gasteiger partial charge on any atom is -0.325 e. The van der Waals surface area contributed by atoms with Crippen LogP contribution in [-0.4, -0.2) is 37.5 Å². The van der Waals surface area contributed by atoms with Gasteiger partial charge < -0.3 is 5.32 Å². The molecule has 1 saturated heterocycles. The molecule has 5 nitrogen and oxygen atoms in total. The molecular weight excluding hydrogens is 300 g/mol. The van der Waals surface area contributed by atoms with Crippen LogP contribution in [0, 0.1) is 0 Å². The second kappa shape index (κ2) is 6.38. The van der Waals surface area contributed by atoms with Crippen LogP contribution in [0.2, 0.25) is 0 Å².